The Kier molecular flexibility index (Phi) is 6.57. The first kappa shape index (κ1) is 18.5. The van der Waals surface area contributed by atoms with Crippen LogP contribution < -0.4 is 9.47 Å². The van der Waals surface area contributed by atoms with E-state index in [4.69, 9.17) is 14.2 Å². The molecule has 0 aliphatic heterocycles. The molecule has 0 N–H and O–H groups in total. The van der Waals surface area contributed by atoms with E-state index in [9.17, 15) is 9.59 Å². The van der Waals surface area contributed by atoms with Crippen molar-refractivity contribution >= 4 is 11.9 Å². The first-order chi connectivity index (χ1) is 12.0. The summed E-state index contributed by atoms with van der Waals surface area (Å²) in [4.78, 5) is 24.0. The molecule has 0 fully saturated rings. The number of esters is 2. The van der Waals surface area contributed by atoms with E-state index in [1.165, 1.54) is 6.07 Å². The van der Waals surface area contributed by atoms with Gasteiger partial charge in [0.1, 0.15) is 11.5 Å². The zero-order chi connectivity index (χ0) is 18.2. The summed E-state index contributed by atoms with van der Waals surface area (Å²) in [7, 11) is 1.59. The number of ether oxygens (including phenoxy) is 3. The topological polar surface area (TPSA) is 61.8 Å². The molecule has 5 heteroatoms. The Morgan fingerprint density at radius 3 is 2.36 bits per heavy atom. The lowest BCUT2D eigenvalue weighted by Crippen LogP contribution is -2.13. The standard InChI is InChI=1S/C20H22O5/c1-14(2)13-24-20(22)16-5-4-6-18(12-16)25-19(21)11-15-7-9-17(23-3)10-8-15/h4-10,12,14H,11,13H2,1-3H3. The third-order valence-electron chi connectivity index (χ3n) is 3.36. The molecule has 2 aromatic rings. The average molecular weight is 342 g/mol. The van der Waals surface area contributed by atoms with Crippen molar-refractivity contribution in [2.24, 2.45) is 5.92 Å². The van der Waals surface area contributed by atoms with Gasteiger partial charge in [0.2, 0.25) is 0 Å². The number of carbonyl (C=O) groups is 2. The fraction of sp³-hybridized carbons (Fsp3) is 0.300. The quantitative estimate of drug-likeness (QED) is 0.568. The third kappa shape index (κ3) is 5.95. The number of benzene rings is 2. The zero-order valence-electron chi connectivity index (χ0n) is 14.7. The highest BCUT2D eigenvalue weighted by Crippen LogP contribution is 2.17. The first-order valence-electron chi connectivity index (χ1n) is 8.08. The maximum Gasteiger partial charge on any atom is 0.338 e. The fourth-order valence-corrected chi connectivity index (χ4v) is 2.09. The van der Waals surface area contributed by atoms with Crippen LogP contribution in [0.3, 0.4) is 0 Å². The highest BCUT2D eigenvalue weighted by Gasteiger charge is 2.12. The van der Waals surface area contributed by atoms with Gasteiger partial charge in [-0.2, -0.15) is 0 Å². The number of hydrogen-bond donors (Lipinski definition) is 0. The van der Waals surface area contributed by atoms with E-state index in [1.54, 1.807) is 49.6 Å². The van der Waals surface area contributed by atoms with Crippen LogP contribution in [0.5, 0.6) is 11.5 Å². The van der Waals surface area contributed by atoms with Crippen molar-refractivity contribution in [1.82, 2.24) is 0 Å². The predicted molar refractivity (Wildman–Crippen MR) is 93.9 cm³/mol. The third-order valence-corrected chi connectivity index (χ3v) is 3.36. The molecule has 2 aromatic carbocycles. The number of hydrogen-bond acceptors (Lipinski definition) is 5. The highest BCUT2D eigenvalue weighted by molar-refractivity contribution is 5.90. The van der Waals surface area contributed by atoms with E-state index in [-0.39, 0.29) is 12.3 Å². The van der Waals surface area contributed by atoms with Gasteiger partial charge >= 0.3 is 11.9 Å². The normalized spacial score (nSPS) is 10.4. The van der Waals surface area contributed by atoms with Crippen LogP contribution in [-0.2, 0) is 16.0 Å². The van der Waals surface area contributed by atoms with E-state index < -0.39 is 11.9 Å². The molecule has 0 heterocycles. The van der Waals surface area contributed by atoms with Crippen molar-refractivity contribution in [3.63, 3.8) is 0 Å². The lowest BCUT2D eigenvalue weighted by Gasteiger charge is -2.09. The van der Waals surface area contributed by atoms with E-state index in [2.05, 4.69) is 0 Å². The second-order valence-electron chi connectivity index (χ2n) is 6.02. The minimum Gasteiger partial charge on any atom is -0.497 e. The van der Waals surface area contributed by atoms with Gasteiger partial charge in [0.25, 0.3) is 0 Å². The first-order valence-corrected chi connectivity index (χ1v) is 8.08. The molecule has 0 saturated heterocycles. The molecule has 0 aliphatic rings. The van der Waals surface area contributed by atoms with Crippen molar-refractivity contribution in [3.8, 4) is 11.5 Å². The summed E-state index contributed by atoms with van der Waals surface area (Å²) in [5.74, 6) is 0.469. The predicted octanol–water partition coefficient (Wildman–Crippen LogP) is 3.66. The summed E-state index contributed by atoms with van der Waals surface area (Å²) in [5.41, 5.74) is 1.17. The smallest absolute Gasteiger partial charge is 0.338 e. The van der Waals surface area contributed by atoms with Gasteiger partial charge in [-0.3, -0.25) is 4.79 Å². The molecule has 0 aliphatic carbocycles. The molecule has 2 rings (SSSR count). The molecule has 25 heavy (non-hydrogen) atoms. The van der Waals surface area contributed by atoms with Crippen LogP contribution in [0, 0.1) is 5.92 Å². The number of carbonyl (C=O) groups excluding carboxylic acids is 2. The van der Waals surface area contributed by atoms with E-state index >= 15 is 0 Å². The summed E-state index contributed by atoms with van der Waals surface area (Å²) in [6.45, 7) is 4.27. The Morgan fingerprint density at radius 2 is 1.72 bits per heavy atom. The Balaban J connectivity index is 1.96. The van der Waals surface area contributed by atoms with Crippen LogP contribution in [0.25, 0.3) is 0 Å². The van der Waals surface area contributed by atoms with Crippen LogP contribution in [0.4, 0.5) is 0 Å². The average Bonchev–Trinajstić information content (AvgIpc) is 2.60. The van der Waals surface area contributed by atoms with Gasteiger partial charge < -0.3 is 14.2 Å². The molecule has 0 spiro atoms. The molecule has 0 aromatic heterocycles. The monoisotopic (exact) mass is 342 g/mol. The maximum atomic E-state index is 12.1. The molecule has 132 valence electrons. The molecular weight excluding hydrogens is 320 g/mol. The summed E-state index contributed by atoms with van der Waals surface area (Å²) in [5, 5.41) is 0. The second kappa shape index (κ2) is 8.87. The molecule has 0 radical (unpaired) electrons. The van der Waals surface area contributed by atoms with Crippen molar-refractivity contribution in [1.29, 1.82) is 0 Å². The van der Waals surface area contributed by atoms with Gasteiger partial charge in [0, 0.05) is 0 Å². The number of methoxy groups -OCH3 is 1. The minimum absolute atomic E-state index is 0.131. The van der Waals surface area contributed by atoms with Crippen LogP contribution in [0.2, 0.25) is 0 Å². The van der Waals surface area contributed by atoms with Gasteiger partial charge in [-0.25, -0.2) is 4.79 Å². The summed E-state index contributed by atoms with van der Waals surface area (Å²) < 4.78 is 15.6. The molecule has 0 bridgehead atoms. The molecule has 5 nitrogen and oxygen atoms in total. The minimum atomic E-state index is -0.429. The molecule has 0 unspecified atom stereocenters. The second-order valence-corrected chi connectivity index (χ2v) is 6.02. The SMILES string of the molecule is COc1ccc(CC(=O)Oc2cccc(C(=O)OCC(C)C)c2)cc1. The van der Waals surface area contributed by atoms with E-state index in [0.717, 1.165) is 11.3 Å². The lowest BCUT2D eigenvalue weighted by atomic mass is 10.1. The Morgan fingerprint density at radius 1 is 1.00 bits per heavy atom. The Bertz CT molecular complexity index is 719. The Hall–Kier alpha value is -2.82. The number of rotatable bonds is 7. The van der Waals surface area contributed by atoms with Crippen molar-refractivity contribution < 1.29 is 23.8 Å². The zero-order valence-corrected chi connectivity index (χ0v) is 14.7. The van der Waals surface area contributed by atoms with Gasteiger partial charge in [0.15, 0.2) is 0 Å². The Labute approximate surface area is 147 Å². The molecule has 0 amide bonds. The summed E-state index contributed by atoms with van der Waals surface area (Å²) in [6, 6.07) is 13.6. The molecular formula is C20H22O5. The van der Waals surface area contributed by atoms with Crippen LogP contribution >= 0.6 is 0 Å². The van der Waals surface area contributed by atoms with Crippen LogP contribution in [0.15, 0.2) is 48.5 Å². The fourth-order valence-electron chi connectivity index (χ4n) is 2.09. The van der Waals surface area contributed by atoms with Gasteiger partial charge in [-0.05, 0) is 41.8 Å². The maximum absolute atomic E-state index is 12.1. The molecule has 0 atom stereocenters. The van der Waals surface area contributed by atoms with Crippen LogP contribution in [-0.4, -0.2) is 25.7 Å². The van der Waals surface area contributed by atoms with Gasteiger partial charge in [-0.15, -0.1) is 0 Å². The molecule has 0 saturated carbocycles. The summed E-state index contributed by atoms with van der Waals surface area (Å²) >= 11 is 0. The van der Waals surface area contributed by atoms with Crippen molar-refractivity contribution in [2.45, 2.75) is 20.3 Å². The van der Waals surface area contributed by atoms with Gasteiger partial charge in [-0.1, -0.05) is 32.0 Å². The summed E-state index contributed by atoms with van der Waals surface area (Å²) in [6.07, 6.45) is 0.131. The highest BCUT2D eigenvalue weighted by atomic mass is 16.5. The van der Waals surface area contributed by atoms with E-state index in [0.29, 0.717) is 17.9 Å². The largest absolute Gasteiger partial charge is 0.497 e. The van der Waals surface area contributed by atoms with E-state index in [1.807, 2.05) is 13.8 Å². The van der Waals surface area contributed by atoms with Gasteiger partial charge in [0.05, 0.1) is 25.7 Å². The van der Waals surface area contributed by atoms with Crippen LogP contribution in [0.1, 0.15) is 29.8 Å². The van der Waals surface area contributed by atoms with Crippen molar-refractivity contribution in [2.75, 3.05) is 13.7 Å². The van der Waals surface area contributed by atoms with Crippen molar-refractivity contribution in [3.05, 3.63) is 59.7 Å². The lowest BCUT2D eigenvalue weighted by molar-refractivity contribution is -0.133.